The first kappa shape index (κ1) is 43.0. The highest BCUT2D eigenvalue weighted by atomic mass is 16.5. The number of imidazole rings is 2. The molecule has 5 aromatic rings. The van der Waals surface area contributed by atoms with Crippen molar-refractivity contribution in [1.82, 2.24) is 40.4 Å². The highest BCUT2D eigenvalue weighted by molar-refractivity contribution is 5.89. The fraction of sp³-hybridized carbons (Fsp3) is 0.458. The van der Waals surface area contributed by atoms with Crippen molar-refractivity contribution >= 4 is 35.0 Å². The number of benzene rings is 3. The third kappa shape index (κ3) is 7.86. The third-order valence-corrected chi connectivity index (χ3v) is 14.0. The molecule has 2 aliphatic carbocycles. The number of H-pyrrole nitrogens is 2. The van der Waals surface area contributed by atoms with Gasteiger partial charge in [0.1, 0.15) is 23.7 Å². The molecule has 2 saturated heterocycles. The molecule has 0 spiro atoms. The van der Waals surface area contributed by atoms with Crippen LogP contribution in [0.2, 0.25) is 0 Å². The lowest BCUT2D eigenvalue weighted by Crippen LogP contribution is -2.56. The Morgan fingerprint density at radius 1 is 0.734 bits per heavy atom. The maximum absolute atomic E-state index is 14.2. The second-order valence-electron chi connectivity index (χ2n) is 17.5. The number of hydrogen-bond donors (Lipinski definition) is 4. The first-order valence-corrected chi connectivity index (χ1v) is 22.2. The van der Waals surface area contributed by atoms with Gasteiger partial charge >= 0.3 is 12.2 Å². The van der Waals surface area contributed by atoms with Crippen LogP contribution in [0.4, 0.5) is 9.59 Å². The van der Waals surface area contributed by atoms with Crippen LogP contribution in [0.15, 0.2) is 60.8 Å². The summed E-state index contributed by atoms with van der Waals surface area (Å²) in [6, 6.07) is 17.3. The Morgan fingerprint density at radius 3 is 2.03 bits per heavy atom. The lowest BCUT2D eigenvalue weighted by Gasteiger charge is -2.37. The summed E-state index contributed by atoms with van der Waals surface area (Å²) < 4.78 is 20.6. The summed E-state index contributed by atoms with van der Waals surface area (Å²) in [5.41, 5.74) is 10.8. The highest BCUT2D eigenvalue weighted by Crippen LogP contribution is 2.50. The summed E-state index contributed by atoms with van der Waals surface area (Å²) in [4.78, 5) is 72.8. The molecule has 4 heterocycles. The lowest BCUT2D eigenvalue weighted by molar-refractivity contribution is -0.141. The molecule has 4 aliphatic rings. The molecule has 4 amide bonds. The molecule has 16 nitrogen and oxygen atoms in total. The normalized spacial score (nSPS) is 21.8. The van der Waals surface area contributed by atoms with E-state index in [0.717, 1.165) is 84.2 Å². The van der Waals surface area contributed by atoms with Crippen molar-refractivity contribution < 1.29 is 38.1 Å². The van der Waals surface area contributed by atoms with E-state index in [1.807, 2.05) is 17.2 Å². The molecule has 64 heavy (non-hydrogen) atoms. The zero-order chi connectivity index (χ0) is 44.8. The number of carbonyl (C=O) groups excluding carboxylic acids is 4. The minimum atomic E-state index is -0.895. The maximum Gasteiger partial charge on any atom is 0.407 e. The van der Waals surface area contributed by atoms with Gasteiger partial charge in [-0.3, -0.25) is 9.59 Å². The third-order valence-electron chi connectivity index (χ3n) is 14.0. The highest BCUT2D eigenvalue weighted by Gasteiger charge is 2.52. The number of likely N-dealkylation sites (tertiary alicyclic amines) is 2. The number of nitrogens with zero attached hydrogens (tertiary/aromatic N) is 4. The lowest BCUT2D eigenvalue weighted by atomic mass is 9.83. The van der Waals surface area contributed by atoms with E-state index in [-0.39, 0.29) is 35.9 Å². The van der Waals surface area contributed by atoms with Gasteiger partial charge in [0, 0.05) is 26.8 Å². The van der Waals surface area contributed by atoms with E-state index >= 15 is 0 Å². The van der Waals surface area contributed by atoms with Crippen molar-refractivity contribution in [2.24, 2.45) is 5.92 Å². The Labute approximate surface area is 371 Å². The van der Waals surface area contributed by atoms with E-state index in [1.165, 1.54) is 50.7 Å². The van der Waals surface area contributed by atoms with Crippen molar-refractivity contribution in [2.45, 2.75) is 101 Å². The molecule has 0 unspecified atom stereocenters. The maximum atomic E-state index is 14.2. The molecule has 336 valence electrons. The van der Waals surface area contributed by atoms with E-state index in [9.17, 15) is 19.2 Å². The van der Waals surface area contributed by atoms with Crippen LogP contribution in [-0.2, 0) is 41.4 Å². The van der Waals surface area contributed by atoms with Gasteiger partial charge in [0.2, 0.25) is 11.8 Å². The molecule has 4 N–H and O–H groups in total. The van der Waals surface area contributed by atoms with Gasteiger partial charge in [-0.2, -0.15) is 0 Å². The molecular weight excluding hydrogens is 817 g/mol. The molecule has 16 heteroatoms. The molecule has 2 bridgehead atoms. The first-order valence-electron chi connectivity index (χ1n) is 22.2. The van der Waals surface area contributed by atoms with Crippen LogP contribution < -0.4 is 10.6 Å². The number of aryl methyl sites for hydroxylation is 2. The van der Waals surface area contributed by atoms with Gasteiger partial charge in [-0.1, -0.05) is 36.4 Å². The summed E-state index contributed by atoms with van der Waals surface area (Å²) in [5.74, 6) is 1.31. The number of aromatic amines is 2. The van der Waals surface area contributed by atoms with Crippen LogP contribution in [0.5, 0.6) is 0 Å². The van der Waals surface area contributed by atoms with Crippen molar-refractivity contribution in [3.63, 3.8) is 0 Å². The Morgan fingerprint density at radius 2 is 1.36 bits per heavy atom. The molecule has 8 atom stereocenters. The summed E-state index contributed by atoms with van der Waals surface area (Å²) >= 11 is 0. The average molecular weight is 873 g/mol. The second kappa shape index (κ2) is 17.7. The van der Waals surface area contributed by atoms with E-state index in [1.54, 1.807) is 18.7 Å². The monoisotopic (exact) mass is 872 g/mol. The smallest absolute Gasteiger partial charge is 0.407 e. The number of alkyl carbamates (subject to hydrolysis) is 2. The number of amides is 4. The van der Waals surface area contributed by atoms with Crippen molar-refractivity contribution in [3.05, 3.63) is 83.6 Å². The van der Waals surface area contributed by atoms with Crippen LogP contribution in [0.1, 0.15) is 80.8 Å². The molecule has 0 radical (unpaired) electrons. The van der Waals surface area contributed by atoms with Gasteiger partial charge in [-0.05, 0) is 122 Å². The summed E-state index contributed by atoms with van der Waals surface area (Å²) in [7, 11) is 5.58. The zero-order valence-corrected chi connectivity index (χ0v) is 37.1. The van der Waals surface area contributed by atoms with Gasteiger partial charge < -0.3 is 49.3 Å². The number of aromatic nitrogens is 4. The van der Waals surface area contributed by atoms with Gasteiger partial charge in [-0.25, -0.2) is 19.6 Å². The zero-order valence-electron chi connectivity index (χ0n) is 37.1. The standard InChI is InChI=1S/C48H56N8O8/c1-25(61-3)40(53-47(59)63-5)45(57)55-19-7-8-39(55)43-49-24-38(52-43)31-13-17-35-30(21-31)10-9-29-20-27(12-16-34(29)35)28-14-18-36-37(23-28)51-44(50-36)42-32-11-15-33(22-32)56(42)46(58)41(26(2)62-4)54-48(60)64-6/h12-14,16-18,20-21,23-26,32-33,39-42H,7-11,15,19,22H2,1-6H3,(H,49,52)(H,50,51)(H,53,59)(H,54,60)/t25-,26-,32+,33-,39+,40+,41+,42+/m1/s1. The Balaban J connectivity index is 0.919. The number of hydrogen-bond acceptors (Lipinski definition) is 10. The van der Waals surface area contributed by atoms with Gasteiger partial charge in [0.05, 0.1) is 61.4 Å². The van der Waals surface area contributed by atoms with Crippen LogP contribution in [0, 0.1) is 5.92 Å². The topological polar surface area (TPSA) is 193 Å². The van der Waals surface area contributed by atoms with Gasteiger partial charge in [0.25, 0.3) is 0 Å². The fourth-order valence-electron chi connectivity index (χ4n) is 10.5. The van der Waals surface area contributed by atoms with E-state index in [4.69, 9.17) is 28.9 Å². The van der Waals surface area contributed by atoms with E-state index in [0.29, 0.717) is 12.4 Å². The number of rotatable bonds is 12. The van der Waals surface area contributed by atoms with Crippen LogP contribution in [-0.4, -0.2) is 119 Å². The molecule has 9 rings (SSSR count). The summed E-state index contributed by atoms with van der Waals surface area (Å²) in [6.45, 7) is 4.06. The van der Waals surface area contributed by atoms with E-state index in [2.05, 4.69) is 69.1 Å². The predicted molar refractivity (Wildman–Crippen MR) is 238 cm³/mol. The first-order chi connectivity index (χ1) is 31.0. The Bertz CT molecular complexity index is 2590. The number of piperidine rings is 1. The van der Waals surface area contributed by atoms with Gasteiger partial charge in [0.15, 0.2) is 0 Å². The Hall–Kier alpha value is -6.26. The summed E-state index contributed by atoms with van der Waals surface area (Å²) in [5, 5.41) is 5.35. The minimum Gasteiger partial charge on any atom is -0.453 e. The number of fused-ring (bicyclic) bond motifs is 6. The molecular formula is C48H56N8O8. The average Bonchev–Trinajstić information content (AvgIpc) is 4.19. The SMILES string of the molecule is COC(=O)N[C@H](C(=O)N1CCC[C@H]1c1ncc(-c2ccc3c(c2)CCc2cc(-c4ccc5nc([C@@H]6[C@H]7CC[C@H](C7)N6C(=O)[C@@H](NC(=O)OC)[C@@H](C)OC)[nH]c5c4)ccc2-3)[nH]1)[C@@H](C)OC. The number of methoxy groups -OCH3 is 4. The van der Waals surface area contributed by atoms with E-state index < -0.39 is 36.5 Å². The Kier molecular flexibility index (Phi) is 11.9. The predicted octanol–water partition coefficient (Wildman–Crippen LogP) is 6.62. The van der Waals surface area contributed by atoms with Crippen molar-refractivity contribution in [3.8, 4) is 33.5 Å². The summed E-state index contributed by atoms with van der Waals surface area (Å²) in [6.07, 6.45) is 5.54. The largest absolute Gasteiger partial charge is 0.453 e. The number of nitrogens with one attached hydrogen (secondary N) is 4. The minimum absolute atomic E-state index is 0.0682. The van der Waals surface area contributed by atoms with Crippen LogP contribution in [0.3, 0.4) is 0 Å². The van der Waals surface area contributed by atoms with Crippen molar-refractivity contribution in [2.75, 3.05) is 35.0 Å². The number of carbonyl (C=O) groups is 4. The molecule has 2 aliphatic heterocycles. The molecule has 3 fully saturated rings. The fourth-order valence-corrected chi connectivity index (χ4v) is 10.5. The van der Waals surface area contributed by atoms with Crippen LogP contribution >= 0.6 is 0 Å². The second-order valence-corrected chi connectivity index (χ2v) is 17.5. The van der Waals surface area contributed by atoms with Crippen LogP contribution in [0.25, 0.3) is 44.5 Å². The number of ether oxygens (including phenoxy) is 4. The molecule has 3 aromatic carbocycles. The van der Waals surface area contributed by atoms with Gasteiger partial charge in [-0.15, -0.1) is 0 Å². The molecule has 1 saturated carbocycles. The van der Waals surface area contributed by atoms with Crippen molar-refractivity contribution in [1.29, 1.82) is 0 Å². The quantitative estimate of drug-likeness (QED) is 0.106. The molecule has 2 aromatic heterocycles.